The summed E-state index contributed by atoms with van der Waals surface area (Å²) < 4.78 is 11.2. The fourth-order valence-electron chi connectivity index (χ4n) is 0.704. The minimum atomic E-state index is -3.63. The van der Waals surface area contributed by atoms with Crippen molar-refractivity contribution in [2.45, 2.75) is 33.0 Å². The molecule has 0 heterocycles. The van der Waals surface area contributed by atoms with Crippen LogP contribution in [0.3, 0.4) is 0 Å². The normalized spacial score (nSPS) is 18.5. The Morgan fingerprint density at radius 2 is 1.91 bits per heavy atom. The van der Waals surface area contributed by atoms with Crippen LogP contribution in [0.5, 0.6) is 0 Å². The number of hydrogen-bond acceptors (Lipinski definition) is 3. The summed E-state index contributed by atoms with van der Waals surface area (Å²) in [5.74, 6) is 0.0739. The van der Waals surface area contributed by atoms with E-state index in [0.29, 0.717) is 0 Å². The maximum absolute atomic E-state index is 11.2. The smallest absolute Gasteiger partial charge is 0.0990 e. The molecule has 0 aromatic heterocycles. The maximum Gasteiger partial charge on any atom is 0.0990 e. The van der Waals surface area contributed by atoms with Crippen molar-refractivity contribution in [2.24, 2.45) is 5.92 Å². The first kappa shape index (κ1) is 11.2. The molecule has 0 amide bonds. The van der Waals surface area contributed by atoms with Gasteiger partial charge in [0.05, 0.1) is 5.34 Å². The van der Waals surface area contributed by atoms with Crippen molar-refractivity contribution >= 4 is 7.37 Å². The van der Waals surface area contributed by atoms with Gasteiger partial charge in [0.15, 0.2) is 0 Å². The van der Waals surface area contributed by atoms with Crippen molar-refractivity contribution < 1.29 is 14.6 Å². The van der Waals surface area contributed by atoms with Gasteiger partial charge in [-0.2, -0.15) is 0 Å². The quantitative estimate of drug-likeness (QED) is 0.657. The van der Waals surface area contributed by atoms with E-state index >= 15 is 0 Å². The Bertz CT molecular complexity index is 169. The molecule has 1 atom stereocenters. The summed E-state index contributed by atoms with van der Waals surface area (Å²) in [7, 11) is -3.63. The Balaban J connectivity index is 4.36. The van der Waals surface area contributed by atoms with E-state index in [4.69, 9.17) is 0 Å². The summed E-state index contributed by atoms with van der Waals surface area (Å²) in [4.78, 5) is 11.2. The standard InChI is InChI=1S/C7H17O3P/c1-6(2)5-11(9,10)7(3,4)8/h6,8H,5H2,1-4H3,(H,9,10)/p-1. The van der Waals surface area contributed by atoms with Crippen LogP contribution in [0, 0.1) is 5.92 Å². The molecular formula is C7H16O3P-. The molecule has 4 heteroatoms. The van der Waals surface area contributed by atoms with Crippen molar-refractivity contribution in [1.29, 1.82) is 0 Å². The Hall–Kier alpha value is 0.150. The molecule has 0 saturated carbocycles. The molecule has 0 aliphatic heterocycles. The summed E-state index contributed by atoms with van der Waals surface area (Å²) >= 11 is 0. The van der Waals surface area contributed by atoms with Crippen LogP contribution in [0.1, 0.15) is 27.7 Å². The minimum Gasteiger partial charge on any atom is -0.797 e. The lowest BCUT2D eigenvalue weighted by Gasteiger charge is -2.36. The molecule has 0 bridgehead atoms. The predicted molar refractivity (Wildman–Crippen MR) is 43.6 cm³/mol. The highest BCUT2D eigenvalue weighted by Gasteiger charge is 2.28. The van der Waals surface area contributed by atoms with E-state index in [-0.39, 0.29) is 12.1 Å². The summed E-state index contributed by atoms with van der Waals surface area (Å²) in [5.41, 5.74) is 0. The molecule has 1 N–H and O–H groups in total. The average molecular weight is 179 g/mol. The van der Waals surface area contributed by atoms with Crippen LogP contribution in [-0.2, 0) is 4.57 Å². The Morgan fingerprint density at radius 1 is 1.55 bits per heavy atom. The van der Waals surface area contributed by atoms with E-state index in [9.17, 15) is 14.6 Å². The van der Waals surface area contributed by atoms with Crippen molar-refractivity contribution in [3.05, 3.63) is 0 Å². The summed E-state index contributed by atoms with van der Waals surface area (Å²) in [5, 5.41) is 7.65. The molecule has 0 fully saturated rings. The second-order valence-corrected chi connectivity index (χ2v) is 6.55. The van der Waals surface area contributed by atoms with E-state index in [1.54, 1.807) is 0 Å². The number of hydrogen-bond donors (Lipinski definition) is 1. The fraction of sp³-hybridized carbons (Fsp3) is 1.00. The molecule has 0 saturated heterocycles. The Morgan fingerprint density at radius 3 is 2.00 bits per heavy atom. The Kier molecular flexibility index (Phi) is 3.30. The second kappa shape index (κ2) is 3.26. The van der Waals surface area contributed by atoms with E-state index in [2.05, 4.69) is 0 Å². The van der Waals surface area contributed by atoms with E-state index in [0.717, 1.165) is 0 Å². The van der Waals surface area contributed by atoms with Crippen LogP contribution >= 0.6 is 7.37 Å². The van der Waals surface area contributed by atoms with Crippen LogP contribution in [0.4, 0.5) is 0 Å². The first-order chi connectivity index (χ1) is 4.67. The van der Waals surface area contributed by atoms with Gasteiger partial charge in [-0.3, -0.25) is 0 Å². The van der Waals surface area contributed by atoms with Crippen molar-refractivity contribution in [1.82, 2.24) is 0 Å². The van der Waals surface area contributed by atoms with E-state index < -0.39 is 12.7 Å². The maximum atomic E-state index is 11.2. The van der Waals surface area contributed by atoms with Gasteiger partial charge in [0.2, 0.25) is 0 Å². The van der Waals surface area contributed by atoms with Crippen molar-refractivity contribution in [3.8, 4) is 0 Å². The minimum absolute atomic E-state index is 0.0660. The summed E-state index contributed by atoms with van der Waals surface area (Å²) in [6, 6.07) is 0. The van der Waals surface area contributed by atoms with Gasteiger partial charge in [0.1, 0.15) is 0 Å². The molecule has 0 spiro atoms. The summed E-state index contributed by atoms with van der Waals surface area (Å²) in [6.45, 7) is 6.25. The molecule has 3 nitrogen and oxygen atoms in total. The molecule has 68 valence electrons. The highest BCUT2D eigenvalue weighted by molar-refractivity contribution is 7.57. The zero-order chi connectivity index (χ0) is 9.28. The zero-order valence-corrected chi connectivity index (χ0v) is 8.39. The number of rotatable bonds is 3. The lowest BCUT2D eigenvalue weighted by Crippen LogP contribution is -2.29. The predicted octanol–water partition coefficient (Wildman–Crippen LogP) is 1.01. The van der Waals surface area contributed by atoms with Gasteiger partial charge in [0.25, 0.3) is 0 Å². The highest BCUT2D eigenvalue weighted by atomic mass is 31.2. The van der Waals surface area contributed by atoms with Crippen LogP contribution in [0.2, 0.25) is 0 Å². The molecular weight excluding hydrogens is 163 g/mol. The third kappa shape index (κ3) is 3.37. The molecule has 0 radical (unpaired) electrons. The largest absolute Gasteiger partial charge is 0.797 e. The first-order valence-electron chi connectivity index (χ1n) is 3.69. The molecule has 11 heavy (non-hydrogen) atoms. The summed E-state index contributed by atoms with van der Waals surface area (Å²) in [6.07, 6.45) is 0.0660. The van der Waals surface area contributed by atoms with Gasteiger partial charge in [-0.1, -0.05) is 13.8 Å². The van der Waals surface area contributed by atoms with Gasteiger partial charge < -0.3 is 14.6 Å². The highest BCUT2D eigenvalue weighted by Crippen LogP contribution is 2.49. The van der Waals surface area contributed by atoms with E-state index in [1.165, 1.54) is 13.8 Å². The van der Waals surface area contributed by atoms with Crippen LogP contribution in [-0.4, -0.2) is 16.6 Å². The number of aliphatic hydroxyl groups is 1. The second-order valence-electron chi connectivity index (χ2n) is 3.74. The first-order valence-corrected chi connectivity index (χ1v) is 5.50. The molecule has 1 unspecified atom stereocenters. The molecule has 0 aromatic rings. The van der Waals surface area contributed by atoms with Gasteiger partial charge in [-0.15, -0.1) is 0 Å². The lowest BCUT2D eigenvalue weighted by atomic mass is 10.3. The van der Waals surface area contributed by atoms with Crippen molar-refractivity contribution in [3.63, 3.8) is 0 Å². The monoisotopic (exact) mass is 179 g/mol. The van der Waals surface area contributed by atoms with Gasteiger partial charge >= 0.3 is 0 Å². The zero-order valence-electron chi connectivity index (χ0n) is 7.50. The fourth-order valence-corrected chi connectivity index (χ4v) is 2.11. The third-order valence-corrected chi connectivity index (χ3v) is 4.32. The van der Waals surface area contributed by atoms with E-state index in [1.807, 2.05) is 13.8 Å². The van der Waals surface area contributed by atoms with Gasteiger partial charge in [-0.25, -0.2) is 0 Å². The lowest BCUT2D eigenvalue weighted by molar-refractivity contribution is -0.189. The van der Waals surface area contributed by atoms with Crippen molar-refractivity contribution in [2.75, 3.05) is 6.16 Å². The van der Waals surface area contributed by atoms with Gasteiger partial charge in [-0.05, 0) is 25.9 Å². The van der Waals surface area contributed by atoms with Crippen LogP contribution in [0.25, 0.3) is 0 Å². The molecule has 0 rings (SSSR count). The SMILES string of the molecule is CC(C)CP(=O)([O-])C(C)(C)O. The average Bonchev–Trinajstić information content (AvgIpc) is 1.56. The topological polar surface area (TPSA) is 60.4 Å². The third-order valence-electron chi connectivity index (χ3n) is 1.44. The van der Waals surface area contributed by atoms with Crippen LogP contribution < -0.4 is 4.89 Å². The van der Waals surface area contributed by atoms with Gasteiger partial charge in [0, 0.05) is 7.37 Å². The molecule has 0 aliphatic carbocycles. The molecule has 0 aliphatic rings. The molecule has 0 aromatic carbocycles. The Labute approximate surface area is 67.9 Å². The van der Waals surface area contributed by atoms with Crippen LogP contribution in [0.15, 0.2) is 0 Å².